The van der Waals surface area contributed by atoms with Crippen LogP contribution >= 0.6 is 0 Å². The van der Waals surface area contributed by atoms with Crippen LogP contribution in [0.25, 0.3) is 0 Å². The minimum atomic E-state index is 0.265. The summed E-state index contributed by atoms with van der Waals surface area (Å²) in [6.07, 6.45) is 2.54. The van der Waals surface area contributed by atoms with Gasteiger partial charge in [0.2, 0.25) is 12.7 Å². The highest BCUT2D eigenvalue weighted by Gasteiger charge is 2.37. The molecule has 0 spiro atoms. The smallest absolute Gasteiger partial charge is 0.231 e. The Morgan fingerprint density at radius 1 is 1.18 bits per heavy atom. The number of benzene rings is 1. The van der Waals surface area contributed by atoms with Crippen LogP contribution in [0.3, 0.4) is 0 Å². The molecule has 4 rings (SSSR count). The Hall–Kier alpha value is -1.71. The first-order valence-corrected chi connectivity index (χ1v) is 6.05. The van der Waals surface area contributed by atoms with Gasteiger partial charge in [0.15, 0.2) is 11.5 Å². The van der Waals surface area contributed by atoms with Gasteiger partial charge in [0.05, 0.1) is 6.04 Å². The van der Waals surface area contributed by atoms with Crippen molar-refractivity contribution < 1.29 is 14.3 Å². The molecule has 3 heterocycles. The van der Waals surface area contributed by atoms with Gasteiger partial charge >= 0.3 is 0 Å². The molecule has 1 atom stereocenters. The van der Waals surface area contributed by atoms with Gasteiger partial charge in [0, 0.05) is 13.0 Å². The van der Waals surface area contributed by atoms with Crippen molar-refractivity contribution in [1.82, 2.24) is 4.90 Å². The summed E-state index contributed by atoms with van der Waals surface area (Å²) in [6, 6.07) is 4.41. The van der Waals surface area contributed by atoms with Crippen LogP contribution in [-0.4, -0.2) is 24.1 Å². The average Bonchev–Trinajstić information content (AvgIpc) is 2.93. The van der Waals surface area contributed by atoms with Crippen LogP contribution in [0.4, 0.5) is 0 Å². The van der Waals surface area contributed by atoms with Gasteiger partial charge < -0.3 is 14.4 Å². The van der Waals surface area contributed by atoms with Gasteiger partial charge in [-0.25, -0.2) is 0 Å². The summed E-state index contributed by atoms with van der Waals surface area (Å²) in [5, 5.41) is 0. The number of nitrogens with zero attached hydrogens (tertiary/aromatic N) is 1. The van der Waals surface area contributed by atoms with Crippen molar-refractivity contribution in [2.24, 2.45) is 0 Å². The molecule has 0 bridgehead atoms. The maximum Gasteiger partial charge on any atom is 0.231 e. The van der Waals surface area contributed by atoms with Crippen molar-refractivity contribution in [3.63, 3.8) is 0 Å². The molecule has 0 N–H and O–H groups in total. The summed E-state index contributed by atoms with van der Waals surface area (Å²) in [4.78, 5) is 13.7. The third-order valence-corrected chi connectivity index (χ3v) is 3.94. The molecule has 1 amide bonds. The summed E-state index contributed by atoms with van der Waals surface area (Å²) in [7, 11) is 0. The zero-order valence-electron chi connectivity index (χ0n) is 9.44. The van der Waals surface area contributed by atoms with E-state index in [1.807, 2.05) is 4.90 Å². The highest BCUT2D eigenvalue weighted by atomic mass is 16.7. The molecule has 1 aromatic rings. The third kappa shape index (κ3) is 1.21. The maximum atomic E-state index is 11.7. The lowest BCUT2D eigenvalue weighted by molar-refractivity contribution is -0.129. The van der Waals surface area contributed by atoms with E-state index in [4.69, 9.17) is 9.47 Å². The summed E-state index contributed by atoms with van der Waals surface area (Å²) < 4.78 is 10.8. The predicted octanol–water partition coefficient (Wildman–Crippen LogP) is 1.63. The van der Waals surface area contributed by atoms with E-state index in [-0.39, 0.29) is 6.04 Å². The van der Waals surface area contributed by atoms with Crippen molar-refractivity contribution >= 4 is 5.91 Å². The Bertz CT molecular complexity index is 512. The summed E-state index contributed by atoms with van der Waals surface area (Å²) in [5.41, 5.74) is 2.57. The average molecular weight is 231 g/mol. The first-order valence-electron chi connectivity index (χ1n) is 6.05. The second-order valence-corrected chi connectivity index (χ2v) is 4.80. The van der Waals surface area contributed by atoms with Crippen LogP contribution in [0, 0.1) is 0 Å². The van der Waals surface area contributed by atoms with Crippen LogP contribution < -0.4 is 9.47 Å². The lowest BCUT2D eigenvalue weighted by Gasteiger charge is -2.32. The molecule has 4 heteroatoms. The molecule has 0 radical (unpaired) electrons. The van der Waals surface area contributed by atoms with E-state index in [1.165, 1.54) is 11.1 Å². The van der Waals surface area contributed by atoms with E-state index >= 15 is 0 Å². The number of rotatable bonds is 0. The SMILES string of the molecule is O=C1CCC2c3cc4c(cc3CCN12)OCO4. The summed E-state index contributed by atoms with van der Waals surface area (Å²) >= 11 is 0. The fraction of sp³-hybridized carbons (Fsp3) is 0.462. The fourth-order valence-corrected chi connectivity index (χ4v) is 3.10. The van der Waals surface area contributed by atoms with Gasteiger partial charge in [-0.15, -0.1) is 0 Å². The van der Waals surface area contributed by atoms with Crippen molar-refractivity contribution in [3.8, 4) is 11.5 Å². The normalized spacial score (nSPS) is 24.8. The van der Waals surface area contributed by atoms with Crippen LogP contribution in [0.15, 0.2) is 12.1 Å². The second kappa shape index (κ2) is 3.15. The van der Waals surface area contributed by atoms with Crippen LogP contribution in [0.2, 0.25) is 0 Å². The van der Waals surface area contributed by atoms with Gasteiger partial charge in [-0.3, -0.25) is 4.79 Å². The van der Waals surface area contributed by atoms with E-state index in [0.29, 0.717) is 19.1 Å². The number of hydrogen-bond donors (Lipinski definition) is 0. The third-order valence-electron chi connectivity index (χ3n) is 3.94. The number of amides is 1. The Morgan fingerprint density at radius 2 is 2.00 bits per heavy atom. The first kappa shape index (κ1) is 9.33. The zero-order valence-corrected chi connectivity index (χ0v) is 9.44. The van der Waals surface area contributed by atoms with E-state index < -0.39 is 0 Å². The molecule has 0 aliphatic carbocycles. The molecule has 17 heavy (non-hydrogen) atoms. The number of ether oxygens (including phenoxy) is 2. The lowest BCUT2D eigenvalue weighted by atomic mass is 9.92. The van der Waals surface area contributed by atoms with Gasteiger partial charge in [-0.2, -0.15) is 0 Å². The molecule has 3 aliphatic heterocycles. The molecule has 88 valence electrons. The number of carbonyl (C=O) groups is 1. The maximum absolute atomic E-state index is 11.7. The van der Waals surface area contributed by atoms with Gasteiger partial charge in [0.1, 0.15) is 0 Å². The van der Waals surface area contributed by atoms with Crippen LogP contribution in [0.1, 0.15) is 30.0 Å². The largest absolute Gasteiger partial charge is 0.454 e. The number of hydrogen-bond acceptors (Lipinski definition) is 3. The molecule has 1 unspecified atom stereocenters. The molecule has 4 nitrogen and oxygen atoms in total. The van der Waals surface area contributed by atoms with Crippen LogP contribution in [-0.2, 0) is 11.2 Å². The quantitative estimate of drug-likeness (QED) is 0.681. The van der Waals surface area contributed by atoms with E-state index in [2.05, 4.69) is 12.1 Å². The van der Waals surface area contributed by atoms with Crippen molar-refractivity contribution in [2.75, 3.05) is 13.3 Å². The van der Waals surface area contributed by atoms with Gasteiger partial charge in [-0.1, -0.05) is 0 Å². The minimum absolute atomic E-state index is 0.265. The molecule has 3 aliphatic rings. The molecule has 1 saturated heterocycles. The zero-order chi connectivity index (χ0) is 11.4. The topological polar surface area (TPSA) is 38.8 Å². The van der Waals surface area contributed by atoms with Crippen molar-refractivity contribution in [3.05, 3.63) is 23.3 Å². The summed E-state index contributed by atoms with van der Waals surface area (Å²) in [6.45, 7) is 1.15. The molecular formula is C13H13NO3. The van der Waals surface area contributed by atoms with Crippen molar-refractivity contribution in [1.29, 1.82) is 0 Å². The highest BCUT2D eigenvalue weighted by Crippen LogP contribution is 2.44. The Balaban J connectivity index is 1.83. The van der Waals surface area contributed by atoms with E-state index in [1.54, 1.807) is 0 Å². The minimum Gasteiger partial charge on any atom is -0.454 e. The summed E-state index contributed by atoms with van der Waals surface area (Å²) in [5.74, 6) is 1.96. The van der Waals surface area contributed by atoms with Crippen LogP contribution in [0.5, 0.6) is 11.5 Å². The molecule has 1 fully saturated rings. The first-order chi connectivity index (χ1) is 8.33. The lowest BCUT2D eigenvalue weighted by Crippen LogP contribution is -2.34. The molecule has 0 aromatic heterocycles. The Labute approximate surface area is 99.1 Å². The highest BCUT2D eigenvalue weighted by molar-refractivity contribution is 5.79. The monoisotopic (exact) mass is 231 g/mol. The Kier molecular flexibility index (Phi) is 1.73. The van der Waals surface area contributed by atoms with E-state index in [0.717, 1.165) is 30.9 Å². The van der Waals surface area contributed by atoms with E-state index in [9.17, 15) is 4.79 Å². The fourth-order valence-electron chi connectivity index (χ4n) is 3.10. The number of fused-ring (bicyclic) bond motifs is 4. The second-order valence-electron chi connectivity index (χ2n) is 4.80. The predicted molar refractivity (Wildman–Crippen MR) is 60.0 cm³/mol. The Morgan fingerprint density at radius 3 is 2.88 bits per heavy atom. The van der Waals surface area contributed by atoms with Gasteiger partial charge in [-0.05, 0) is 36.1 Å². The standard InChI is InChI=1S/C13H13NO3/c15-13-2-1-10-9-6-12-11(16-7-17-12)5-8(9)3-4-14(10)13/h5-6,10H,1-4,7H2. The molecule has 0 saturated carbocycles. The van der Waals surface area contributed by atoms with Gasteiger partial charge in [0.25, 0.3) is 0 Å². The number of carbonyl (C=O) groups excluding carboxylic acids is 1. The molecular weight excluding hydrogens is 218 g/mol. The molecule has 1 aromatic carbocycles. The van der Waals surface area contributed by atoms with Crippen molar-refractivity contribution in [2.45, 2.75) is 25.3 Å².